The predicted molar refractivity (Wildman–Crippen MR) is 79.2 cm³/mol. The molecule has 1 heterocycles. The van der Waals surface area contributed by atoms with Gasteiger partial charge in [0.05, 0.1) is 23.7 Å². The second-order valence-corrected chi connectivity index (χ2v) is 5.44. The first-order valence-electron chi connectivity index (χ1n) is 5.56. The molecule has 1 aromatic carbocycles. The number of anilines is 1. The lowest BCUT2D eigenvalue weighted by molar-refractivity contribution is 0.0601. The normalized spacial score (nSPS) is 10.4. The molecule has 106 valence electrons. The van der Waals surface area contributed by atoms with Crippen molar-refractivity contribution in [3.05, 3.63) is 50.5 Å². The molecule has 2 rings (SSSR count). The van der Waals surface area contributed by atoms with Gasteiger partial charge in [0.1, 0.15) is 11.6 Å². The SMILES string of the molecule is COC(=O)c1cc(F)ccc1NCc1cc(Br)c(Br)o1. The van der Waals surface area contributed by atoms with Gasteiger partial charge in [0.2, 0.25) is 0 Å². The number of carbonyl (C=O) groups is 1. The van der Waals surface area contributed by atoms with E-state index in [1.54, 1.807) is 6.07 Å². The summed E-state index contributed by atoms with van der Waals surface area (Å²) in [5, 5.41) is 3.01. The molecule has 0 aliphatic rings. The number of nitrogens with one attached hydrogen (secondary N) is 1. The molecule has 0 saturated carbocycles. The molecule has 0 aliphatic heterocycles. The molecule has 4 nitrogen and oxygen atoms in total. The Bertz CT molecular complexity index is 623. The highest BCUT2D eigenvalue weighted by atomic mass is 79.9. The van der Waals surface area contributed by atoms with Crippen LogP contribution in [0.15, 0.2) is 37.8 Å². The molecule has 1 aromatic heterocycles. The second kappa shape index (κ2) is 6.41. The third kappa shape index (κ3) is 3.40. The van der Waals surface area contributed by atoms with E-state index in [-0.39, 0.29) is 5.56 Å². The minimum Gasteiger partial charge on any atom is -0.465 e. The predicted octanol–water partition coefficient (Wildman–Crippen LogP) is 4.34. The van der Waals surface area contributed by atoms with Crippen molar-refractivity contribution in [3.8, 4) is 0 Å². The van der Waals surface area contributed by atoms with Gasteiger partial charge < -0.3 is 14.5 Å². The Balaban J connectivity index is 2.18. The summed E-state index contributed by atoms with van der Waals surface area (Å²) in [5.41, 5.74) is 0.610. The standard InChI is InChI=1S/C13H10Br2FNO3/c1-19-13(18)9-4-7(16)2-3-11(9)17-6-8-5-10(14)12(15)20-8/h2-5,17H,6H2,1H3. The molecule has 20 heavy (non-hydrogen) atoms. The second-order valence-electron chi connectivity index (χ2n) is 3.87. The molecule has 0 radical (unpaired) electrons. The molecule has 7 heteroatoms. The van der Waals surface area contributed by atoms with Crippen LogP contribution in [0.5, 0.6) is 0 Å². The largest absolute Gasteiger partial charge is 0.465 e. The molecule has 0 saturated heterocycles. The third-order valence-corrected chi connectivity index (χ3v) is 4.25. The molecule has 0 spiro atoms. The van der Waals surface area contributed by atoms with E-state index in [1.165, 1.54) is 19.2 Å². The van der Waals surface area contributed by atoms with E-state index in [2.05, 4.69) is 41.9 Å². The van der Waals surface area contributed by atoms with Crippen molar-refractivity contribution in [3.63, 3.8) is 0 Å². The molecule has 0 bridgehead atoms. The minimum atomic E-state index is -0.603. The van der Waals surface area contributed by atoms with E-state index >= 15 is 0 Å². The highest BCUT2D eigenvalue weighted by Gasteiger charge is 2.14. The van der Waals surface area contributed by atoms with Gasteiger partial charge in [-0.25, -0.2) is 9.18 Å². The fraction of sp³-hybridized carbons (Fsp3) is 0.154. The number of methoxy groups -OCH3 is 1. The number of hydrogen-bond acceptors (Lipinski definition) is 4. The van der Waals surface area contributed by atoms with Crippen LogP contribution in [0.4, 0.5) is 10.1 Å². The van der Waals surface area contributed by atoms with Gasteiger partial charge in [0, 0.05) is 5.69 Å². The van der Waals surface area contributed by atoms with Crippen LogP contribution in [-0.2, 0) is 11.3 Å². The first kappa shape index (κ1) is 15.1. The van der Waals surface area contributed by atoms with E-state index in [9.17, 15) is 9.18 Å². The Hall–Kier alpha value is -1.34. The number of esters is 1. The highest BCUT2D eigenvalue weighted by molar-refractivity contribution is 9.13. The summed E-state index contributed by atoms with van der Waals surface area (Å²) in [6, 6.07) is 5.66. The molecule has 0 fully saturated rings. The minimum absolute atomic E-state index is 0.136. The number of halogens is 3. The molecule has 0 atom stereocenters. The van der Waals surface area contributed by atoms with E-state index in [0.29, 0.717) is 22.7 Å². The average Bonchev–Trinajstić information content (AvgIpc) is 2.75. The number of furan rings is 1. The topological polar surface area (TPSA) is 51.5 Å². The maximum Gasteiger partial charge on any atom is 0.340 e. The van der Waals surface area contributed by atoms with Gasteiger partial charge in [-0.05, 0) is 56.1 Å². The molecule has 0 amide bonds. The van der Waals surface area contributed by atoms with Gasteiger partial charge in [0.15, 0.2) is 4.67 Å². The van der Waals surface area contributed by atoms with Crippen molar-refractivity contribution < 1.29 is 18.3 Å². The number of hydrogen-bond donors (Lipinski definition) is 1. The lowest BCUT2D eigenvalue weighted by Crippen LogP contribution is -2.08. The number of carbonyl (C=O) groups excluding carboxylic acids is 1. The van der Waals surface area contributed by atoms with E-state index < -0.39 is 11.8 Å². The zero-order valence-corrected chi connectivity index (χ0v) is 13.5. The van der Waals surface area contributed by atoms with Crippen molar-refractivity contribution in [2.75, 3.05) is 12.4 Å². The zero-order valence-electron chi connectivity index (χ0n) is 10.4. The summed E-state index contributed by atoms with van der Waals surface area (Å²) in [6.45, 7) is 0.347. The summed E-state index contributed by atoms with van der Waals surface area (Å²) in [5.74, 6) is -0.447. The van der Waals surface area contributed by atoms with E-state index in [4.69, 9.17) is 4.42 Å². The van der Waals surface area contributed by atoms with Gasteiger partial charge in [0.25, 0.3) is 0 Å². The van der Waals surface area contributed by atoms with Gasteiger partial charge >= 0.3 is 5.97 Å². The van der Waals surface area contributed by atoms with Crippen molar-refractivity contribution in [1.29, 1.82) is 0 Å². The first-order valence-corrected chi connectivity index (χ1v) is 7.15. The molecule has 2 aromatic rings. The molecular formula is C13H10Br2FNO3. The average molecular weight is 407 g/mol. The maximum absolute atomic E-state index is 13.2. The van der Waals surface area contributed by atoms with Gasteiger partial charge in [-0.2, -0.15) is 0 Å². The lowest BCUT2D eigenvalue weighted by atomic mass is 10.1. The fourth-order valence-electron chi connectivity index (χ4n) is 1.61. The van der Waals surface area contributed by atoms with Gasteiger partial charge in [-0.15, -0.1) is 0 Å². The summed E-state index contributed by atoms with van der Waals surface area (Å²) in [4.78, 5) is 11.6. The molecule has 1 N–H and O–H groups in total. The van der Waals surface area contributed by atoms with Gasteiger partial charge in [-0.3, -0.25) is 0 Å². The maximum atomic E-state index is 13.2. The van der Waals surface area contributed by atoms with Crippen LogP contribution < -0.4 is 5.32 Å². The number of rotatable bonds is 4. The van der Waals surface area contributed by atoms with Crippen molar-refractivity contribution in [1.82, 2.24) is 0 Å². The van der Waals surface area contributed by atoms with Crippen LogP contribution in [0.25, 0.3) is 0 Å². The Kier molecular flexibility index (Phi) is 4.82. The van der Waals surface area contributed by atoms with Crippen LogP contribution in [0.2, 0.25) is 0 Å². The number of benzene rings is 1. The van der Waals surface area contributed by atoms with Crippen LogP contribution in [0.1, 0.15) is 16.1 Å². The van der Waals surface area contributed by atoms with Gasteiger partial charge in [-0.1, -0.05) is 0 Å². The highest BCUT2D eigenvalue weighted by Crippen LogP contribution is 2.27. The molecule has 0 aliphatic carbocycles. The van der Waals surface area contributed by atoms with Crippen LogP contribution >= 0.6 is 31.9 Å². The Morgan fingerprint density at radius 2 is 2.15 bits per heavy atom. The summed E-state index contributed by atoms with van der Waals surface area (Å²) in [6.07, 6.45) is 0. The Labute approximate surface area is 131 Å². The Morgan fingerprint density at radius 1 is 1.40 bits per heavy atom. The fourth-order valence-corrected chi connectivity index (χ4v) is 2.27. The lowest BCUT2D eigenvalue weighted by Gasteiger charge is -2.09. The van der Waals surface area contributed by atoms with Crippen molar-refractivity contribution in [2.45, 2.75) is 6.54 Å². The van der Waals surface area contributed by atoms with Crippen LogP contribution in [0.3, 0.4) is 0 Å². The summed E-state index contributed by atoms with van der Waals surface area (Å²) in [7, 11) is 1.25. The molecule has 0 unspecified atom stereocenters. The zero-order chi connectivity index (χ0) is 14.7. The number of ether oxygens (including phenoxy) is 1. The van der Waals surface area contributed by atoms with Crippen LogP contribution in [0, 0.1) is 5.82 Å². The first-order chi connectivity index (χ1) is 9.51. The summed E-state index contributed by atoms with van der Waals surface area (Å²) >= 11 is 6.54. The van der Waals surface area contributed by atoms with Crippen LogP contribution in [-0.4, -0.2) is 13.1 Å². The van der Waals surface area contributed by atoms with E-state index in [1.807, 2.05) is 0 Å². The van der Waals surface area contributed by atoms with Crippen molar-refractivity contribution in [2.24, 2.45) is 0 Å². The van der Waals surface area contributed by atoms with E-state index in [0.717, 1.165) is 10.5 Å². The monoisotopic (exact) mass is 405 g/mol. The molecular weight excluding hydrogens is 397 g/mol. The smallest absolute Gasteiger partial charge is 0.340 e. The third-order valence-electron chi connectivity index (χ3n) is 2.54. The Morgan fingerprint density at radius 3 is 2.75 bits per heavy atom. The quantitative estimate of drug-likeness (QED) is 0.767. The summed E-state index contributed by atoms with van der Waals surface area (Å²) < 4.78 is 24.6. The van der Waals surface area contributed by atoms with Crippen molar-refractivity contribution >= 4 is 43.5 Å².